The third kappa shape index (κ3) is 4.24. The van der Waals surface area contributed by atoms with Gasteiger partial charge in [-0.2, -0.15) is 0 Å². The van der Waals surface area contributed by atoms with Gasteiger partial charge < -0.3 is 9.47 Å². The highest BCUT2D eigenvalue weighted by molar-refractivity contribution is 5.53. The molecule has 1 aliphatic heterocycles. The minimum Gasteiger partial charge on any atom is -0.368 e. The average molecular weight is 385 g/mol. The summed E-state index contributed by atoms with van der Waals surface area (Å²) in [7, 11) is 0. The van der Waals surface area contributed by atoms with Crippen molar-refractivity contribution in [1.82, 2.24) is 0 Å². The first kappa shape index (κ1) is 21.6. The minimum absolute atomic E-state index is 0.0541. The quantitative estimate of drug-likeness (QED) is 0.491. The number of ether oxygens (including phenoxy) is 2. The molecule has 2 atom stereocenters. The third-order valence-electron chi connectivity index (χ3n) is 6.82. The molecule has 2 nitrogen and oxygen atoms in total. The Morgan fingerprint density at radius 1 is 1.11 bits per heavy atom. The van der Waals surface area contributed by atoms with Gasteiger partial charge >= 0.3 is 0 Å². The normalized spacial score (nSPS) is 30.3. The molecule has 0 unspecified atom stereocenters. The number of allylic oxidation sites excluding steroid dienone is 5. The van der Waals surface area contributed by atoms with Gasteiger partial charge in [0.2, 0.25) is 0 Å². The molecule has 156 valence electrons. The van der Waals surface area contributed by atoms with E-state index < -0.39 is 0 Å². The fourth-order valence-electron chi connectivity index (χ4n) is 5.51. The van der Waals surface area contributed by atoms with Gasteiger partial charge in [-0.05, 0) is 74.0 Å². The first-order chi connectivity index (χ1) is 13.0. The molecule has 0 aromatic rings. The monoisotopic (exact) mass is 384 g/mol. The van der Waals surface area contributed by atoms with Gasteiger partial charge in [-0.25, -0.2) is 0 Å². The Kier molecular flexibility index (Phi) is 6.13. The molecule has 0 radical (unpaired) electrons. The maximum Gasteiger partial charge on any atom is 0.113 e. The number of fused-ring (bicyclic) bond motifs is 1. The molecule has 1 saturated heterocycles. The summed E-state index contributed by atoms with van der Waals surface area (Å²) in [5.41, 5.74) is 9.10. The molecule has 0 N–H and O–H groups in total. The molecule has 2 aliphatic carbocycles. The van der Waals surface area contributed by atoms with Crippen LogP contribution in [0.1, 0.15) is 81.1 Å². The highest BCUT2D eigenvalue weighted by Crippen LogP contribution is 2.46. The molecule has 0 bridgehead atoms. The molecule has 3 rings (SSSR count). The van der Waals surface area contributed by atoms with Crippen molar-refractivity contribution in [1.29, 1.82) is 0 Å². The van der Waals surface area contributed by atoms with Crippen LogP contribution in [0.15, 0.2) is 45.6 Å². The molecule has 28 heavy (non-hydrogen) atoms. The van der Waals surface area contributed by atoms with Gasteiger partial charge in [0.15, 0.2) is 0 Å². The smallest absolute Gasteiger partial charge is 0.113 e. The van der Waals surface area contributed by atoms with Crippen molar-refractivity contribution in [3.8, 4) is 0 Å². The van der Waals surface area contributed by atoms with Crippen LogP contribution in [-0.4, -0.2) is 25.4 Å². The molecule has 0 saturated carbocycles. The zero-order chi connectivity index (χ0) is 20.7. The summed E-state index contributed by atoms with van der Waals surface area (Å²) < 4.78 is 12.3. The lowest BCUT2D eigenvalue weighted by Gasteiger charge is -2.34. The molecular weight excluding hydrogens is 344 g/mol. The predicted octanol–water partition coefficient (Wildman–Crippen LogP) is 6.94. The van der Waals surface area contributed by atoms with Crippen LogP contribution in [-0.2, 0) is 9.47 Å². The van der Waals surface area contributed by atoms with Crippen LogP contribution < -0.4 is 0 Å². The van der Waals surface area contributed by atoms with E-state index in [4.69, 9.17) is 9.47 Å². The summed E-state index contributed by atoms with van der Waals surface area (Å²) in [5, 5.41) is 0. The average Bonchev–Trinajstić information content (AvgIpc) is 2.86. The van der Waals surface area contributed by atoms with Gasteiger partial charge in [-0.1, -0.05) is 63.5 Å². The SMILES string of the molecule is CC1=C(C/C=C(C)/C=C2\C(C(C)(C)C)=C(C)[C@@H]3OCCO[C@H]23)C(C)(C)CCC1. The summed E-state index contributed by atoms with van der Waals surface area (Å²) in [5.74, 6) is 0. The zero-order valence-corrected chi connectivity index (χ0v) is 19.4. The molecular formula is C26H40O2. The lowest BCUT2D eigenvalue weighted by Crippen LogP contribution is -2.36. The van der Waals surface area contributed by atoms with E-state index in [9.17, 15) is 0 Å². The lowest BCUT2D eigenvalue weighted by atomic mass is 9.71. The highest BCUT2D eigenvalue weighted by Gasteiger charge is 2.43. The maximum atomic E-state index is 6.18. The topological polar surface area (TPSA) is 18.5 Å². The summed E-state index contributed by atoms with van der Waals surface area (Å²) >= 11 is 0. The molecule has 0 spiro atoms. The van der Waals surface area contributed by atoms with Gasteiger partial charge in [0.05, 0.1) is 13.2 Å². The Hall–Kier alpha value is -1.12. The molecule has 1 fully saturated rings. The van der Waals surface area contributed by atoms with Crippen molar-refractivity contribution in [3.05, 3.63) is 45.6 Å². The first-order valence-corrected chi connectivity index (χ1v) is 11.0. The maximum absolute atomic E-state index is 6.18. The zero-order valence-electron chi connectivity index (χ0n) is 19.4. The third-order valence-corrected chi connectivity index (χ3v) is 6.82. The standard InChI is InChI=1S/C26H40O2/c1-17(11-12-21-18(2)10-9-13-26(21,7)8)16-20-22(25(4,5)6)19(3)23-24(20)28-15-14-27-23/h11,16,23-24H,9-10,12-15H2,1-8H3/b17-11+,20-16+/t23-,24+/m0/s1. The van der Waals surface area contributed by atoms with Gasteiger partial charge in [0.25, 0.3) is 0 Å². The van der Waals surface area contributed by atoms with E-state index in [1.165, 1.54) is 41.6 Å². The summed E-state index contributed by atoms with van der Waals surface area (Å²) in [6, 6.07) is 0. The van der Waals surface area contributed by atoms with E-state index in [1.54, 1.807) is 11.1 Å². The van der Waals surface area contributed by atoms with Crippen molar-refractivity contribution < 1.29 is 9.47 Å². The first-order valence-electron chi connectivity index (χ1n) is 11.0. The summed E-state index contributed by atoms with van der Waals surface area (Å²) in [6.07, 6.45) is 9.89. The fourth-order valence-corrected chi connectivity index (χ4v) is 5.51. The van der Waals surface area contributed by atoms with E-state index >= 15 is 0 Å². The van der Waals surface area contributed by atoms with Crippen molar-refractivity contribution in [2.75, 3.05) is 13.2 Å². The van der Waals surface area contributed by atoms with Crippen LogP contribution in [0.4, 0.5) is 0 Å². The molecule has 1 heterocycles. The van der Waals surface area contributed by atoms with Crippen molar-refractivity contribution >= 4 is 0 Å². The minimum atomic E-state index is 0.0541. The van der Waals surface area contributed by atoms with Crippen LogP contribution in [0.3, 0.4) is 0 Å². The number of hydrogen-bond donors (Lipinski definition) is 0. The Labute approximate surface area is 172 Å². The van der Waals surface area contributed by atoms with E-state index in [0.717, 1.165) is 6.42 Å². The largest absolute Gasteiger partial charge is 0.368 e. The Morgan fingerprint density at radius 3 is 2.36 bits per heavy atom. The molecule has 0 aromatic heterocycles. The molecule has 0 amide bonds. The summed E-state index contributed by atoms with van der Waals surface area (Å²) in [6.45, 7) is 19.9. The second-order valence-electron chi connectivity index (χ2n) is 10.6. The second-order valence-corrected chi connectivity index (χ2v) is 10.6. The van der Waals surface area contributed by atoms with Gasteiger partial charge in [0, 0.05) is 0 Å². The van der Waals surface area contributed by atoms with Crippen molar-refractivity contribution in [2.24, 2.45) is 10.8 Å². The van der Waals surface area contributed by atoms with Crippen molar-refractivity contribution in [3.63, 3.8) is 0 Å². The molecule has 3 aliphatic rings. The van der Waals surface area contributed by atoms with E-state index in [2.05, 4.69) is 67.5 Å². The predicted molar refractivity (Wildman–Crippen MR) is 118 cm³/mol. The Balaban J connectivity index is 1.91. The van der Waals surface area contributed by atoms with Gasteiger partial charge in [-0.15, -0.1) is 0 Å². The van der Waals surface area contributed by atoms with Gasteiger partial charge in [0.1, 0.15) is 12.2 Å². The molecule has 0 aromatic carbocycles. The highest BCUT2D eigenvalue weighted by atomic mass is 16.6. The number of hydrogen-bond acceptors (Lipinski definition) is 2. The fraction of sp³-hybridized carbons (Fsp3) is 0.692. The Morgan fingerprint density at radius 2 is 1.75 bits per heavy atom. The second kappa shape index (κ2) is 7.95. The van der Waals surface area contributed by atoms with E-state index in [0.29, 0.717) is 18.6 Å². The van der Waals surface area contributed by atoms with Crippen LogP contribution >= 0.6 is 0 Å². The van der Waals surface area contributed by atoms with E-state index in [1.807, 2.05) is 0 Å². The summed E-state index contributed by atoms with van der Waals surface area (Å²) in [4.78, 5) is 0. The van der Waals surface area contributed by atoms with Crippen LogP contribution in [0.2, 0.25) is 0 Å². The van der Waals surface area contributed by atoms with Crippen LogP contribution in [0.5, 0.6) is 0 Å². The van der Waals surface area contributed by atoms with E-state index in [-0.39, 0.29) is 17.6 Å². The number of rotatable bonds is 3. The lowest BCUT2D eigenvalue weighted by molar-refractivity contribution is -0.104. The van der Waals surface area contributed by atoms with Gasteiger partial charge in [-0.3, -0.25) is 0 Å². The van der Waals surface area contributed by atoms with Crippen LogP contribution in [0, 0.1) is 10.8 Å². The molecule has 2 heteroatoms. The van der Waals surface area contributed by atoms with Crippen LogP contribution in [0.25, 0.3) is 0 Å². The van der Waals surface area contributed by atoms with Crippen molar-refractivity contribution in [2.45, 2.75) is 93.3 Å². The Bertz CT molecular complexity index is 737.